The summed E-state index contributed by atoms with van der Waals surface area (Å²) < 4.78 is 5.21. The highest BCUT2D eigenvalue weighted by Crippen LogP contribution is 2.26. The number of rotatable bonds is 4. The van der Waals surface area contributed by atoms with Crippen molar-refractivity contribution in [3.05, 3.63) is 23.7 Å². The standard InChI is InChI=1S/C10H15NO3/c1-3-8-7(4-5-14-8)10(2,11)6-9(12)13/h4-5H,3,6,11H2,1-2H3,(H,12,13). The Kier molecular flexibility index (Phi) is 2.96. The Morgan fingerprint density at radius 2 is 2.36 bits per heavy atom. The molecule has 1 aromatic heterocycles. The Morgan fingerprint density at radius 1 is 1.71 bits per heavy atom. The van der Waals surface area contributed by atoms with E-state index in [4.69, 9.17) is 15.3 Å². The Morgan fingerprint density at radius 3 is 2.86 bits per heavy atom. The van der Waals surface area contributed by atoms with E-state index >= 15 is 0 Å². The van der Waals surface area contributed by atoms with E-state index in [2.05, 4.69) is 0 Å². The van der Waals surface area contributed by atoms with Gasteiger partial charge in [-0.3, -0.25) is 4.79 Å². The molecule has 0 fully saturated rings. The van der Waals surface area contributed by atoms with Crippen LogP contribution in [0.1, 0.15) is 31.6 Å². The van der Waals surface area contributed by atoms with Crippen molar-refractivity contribution >= 4 is 5.97 Å². The molecule has 0 aliphatic heterocycles. The Bertz CT molecular complexity index is 328. The van der Waals surface area contributed by atoms with Crippen molar-refractivity contribution in [1.82, 2.24) is 0 Å². The van der Waals surface area contributed by atoms with E-state index in [9.17, 15) is 4.79 Å². The van der Waals surface area contributed by atoms with Crippen molar-refractivity contribution in [3.8, 4) is 0 Å². The smallest absolute Gasteiger partial charge is 0.305 e. The van der Waals surface area contributed by atoms with Crippen LogP contribution in [0.15, 0.2) is 16.7 Å². The summed E-state index contributed by atoms with van der Waals surface area (Å²) in [6.45, 7) is 3.64. The van der Waals surface area contributed by atoms with Gasteiger partial charge in [0.1, 0.15) is 5.76 Å². The zero-order valence-electron chi connectivity index (χ0n) is 8.41. The lowest BCUT2D eigenvalue weighted by Crippen LogP contribution is -2.36. The number of carboxylic acid groups (broad SMARTS) is 1. The third-order valence-corrected chi connectivity index (χ3v) is 2.20. The van der Waals surface area contributed by atoms with E-state index in [1.54, 1.807) is 19.3 Å². The molecule has 1 atom stereocenters. The number of aliphatic carboxylic acids is 1. The second kappa shape index (κ2) is 3.84. The largest absolute Gasteiger partial charge is 0.481 e. The number of hydrogen-bond donors (Lipinski definition) is 2. The quantitative estimate of drug-likeness (QED) is 0.766. The van der Waals surface area contributed by atoms with Crippen LogP contribution in [0.25, 0.3) is 0 Å². The molecule has 0 spiro atoms. The molecule has 4 nitrogen and oxygen atoms in total. The van der Waals surface area contributed by atoms with Gasteiger partial charge >= 0.3 is 5.97 Å². The van der Waals surface area contributed by atoms with Crippen LogP contribution < -0.4 is 5.73 Å². The normalized spacial score (nSPS) is 15.1. The number of carboxylic acids is 1. The number of nitrogens with two attached hydrogens (primary N) is 1. The zero-order valence-corrected chi connectivity index (χ0v) is 8.41. The van der Waals surface area contributed by atoms with Crippen LogP contribution in [0.4, 0.5) is 0 Å². The monoisotopic (exact) mass is 197 g/mol. The molecule has 1 aromatic rings. The lowest BCUT2D eigenvalue weighted by Gasteiger charge is -2.22. The molecule has 0 bridgehead atoms. The van der Waals surface area contributed by atoms with Gasteiger partial charge in [0.25, 0.3) is 0 Å². The van der Waals surface area contributed by atoms with Gasteiger partial charge in [-0.2, -0.15) is 0 Å². The van der Waals surface area contributed by atoms with Crippen LogP contribution in [-0.2, 0) is 16.8 Å². The van der Waals surface area contributed by atoms with Crippen molar-refractivity contribution in [2.45, 2.75) is 32.2 Å². The second-order valence-corrected chi connectivity index (χ2v) is 3.60. The molecule has 1 heterocycles. The van der Waals surface area contributed by atoms with Gasteiger partial charge in [-0.05, 0) is 13.0 Å². The van der Waals surface area contributed by atoms with Gasteiger partial charge < -0.3 is 15.3 Å². The topological polar surface area (TPSA) is 76.5 Å². The number of furan rings is 1. The van der Waals surface area contributed by atoms with Crippen LogP contribution in [0, 0.1) is 0 Å². The first-order valence-electron chi connectivity index (χ1n) is 4.55. The maximum atomic E-state index is 10.6. The average Bonchev–Trinajstić information content (AvgIpc) is 2.48. The first-order chi connectivity index (χ1) is 6.47. The molecular weight excluding hydrogens is 182 g/mol. The summed E-state index contributed by atoms with van der Waals surface area (Å²) in [5.74, 6) is -0.144. The third-order valence-electron chi connectivity index (χ3n) is 2.20. The molecule has 0 aliphatic carbocycles. The van der Waals surface area contributed by atoms with Gasteiger partial charge in [0.2, 0.25) is 0 Å². The maximum absolute atomic E-state index is 10.6. The van der Waals surface area contributed by atoms with E-state index in [-0.39, 0.29) is 6.42 Å². The highest BCUT2D eigenvalue weighted by atomic mass is 16.4. The first-order valence-corrected chi connectivity index (χ1v) is 4.55. The Hall–Kier alpha value is -1.29. The number of carbonyl (C=O) groups is 1. The Labute approximate surface area is 82.7 Å². The number of hydrogen-bond acceptors (Lipinski definition) is 3. The third kappa shape index (κ3) is 2.14. The van der Waals surface area contributed by atoms with Crippen molar-refractivity contribution in [1.29, 1.82) is 0 Å². The van der Waals surface area contributed by atoms with E-state index in [0.29, 0.717) is 0 Å². The molecule has 1 rings (SSSR count). The molecule has 78 valence electrons. The van der Waals surface area contributed by atoms with Gasteiger partial charge in [-0.25, -0.2) is 0 Å². The summed E-state index contributed by atoms with van der Waals surface area (Å²) in [7, 11) is 0. The molecule has 4 heteroatoms. The van der Waals surface area contributed by atoms with Gasteiger partial charge in [-0.15, -0.1) is 0 Å². The fourth-order valence-corrected chi connectivity index (χ4v) is 1.53. The van der Waals surface area contributed by atoms with Crippen LogP contribution in [0.5, 0.6) is 0 Å². The second-order valence-electron chi connectivity index (χ2n) is 3.60. The maximum Gasteiger partial charge on any atom is 0.305 e. The predicted octanol–water partition coefficient (Wildman–Crippen LogP) is 1.49. The minimum Gasteiger partial charge on any atom is -0.481 e. The molecule has 14 heavy (non-hydrogen) atoms. The predicted molar refractivity (Wildman–Crippen MR) is 51.9 cm³/mol. The van der Waals surface area contributed by atoms with Gasteiger partial charge in [0, 0.05) is 12.0 Å². The molecular formula is C10H15NO3. The van der Waals surface area contributed by atoms with Crippen LogP contribution >= 0.6 is 0 Å². The van der Waals surface area contributed by atoms with E-state index in [1.807, 2.05) is 6.92 Å². The summed E-state index contributed by atoms with van der Waals surface area (Å²) in [6, 6.07) is 1.74. The molecule has 0 aromatic carbocycles. The van der Waals surface area contributed by atoms with Gasteiger partial charge in [-0.1, -0.05) is 6.92 Å². The fourth-order valence-electron chi connectivity index (χ4n) is 1.53. The van der Waals surface area contributed by atoms with Crippen molar-refractivity contribution < 1.29 is 14.3 Å². The van der Waals surface area contributed by atoms with Crippen molar-refractivity contribution in [3.63, 3.8) is 0 Å². The van der Waals surface area contributed by atoms with Gasteiger partial charge in [0.05, 0.1) is 18.2 Å². The van der Waals surface area contributed by atoms with Crippen LogP contribution in [0.3, 0.4) is 0 Å². The molecule has 1 unspecified atom stereocenters. The molecule has 0 amide bonds. The molecule has 3 N–H and O–H groups in total. The molecule has 0 aliphatic rings. The van der Waals surface area contributed by atoms with E-state index < -0.39 is 11.5 Å². The summed E-state index contributed by atoms with van der Waals surface area (Å²) in [4.78, 5) is 10.6. The summed E-state index contributed by atoms with van der Waals surface area (Å²) >= 11 is 0. The summed E-state index contributed by atoms with van der Waals surface area (Å²) in [6.07, 6.45) is 2.16. The fraction of sp³-hybridized carbons (Fsp3) is 0.500. The molecule has 0 saturated heterocycles. The minimum atomic E-state index is -0.904. The van der Waals surface area contributed by atoms with Crippen molar-refractivity contribution in [2.24, 2.45) is 5.73 Å². The minimum absolute atomic E-state index is 0.0977. The van der Waals surface area contributed by atoms with Gasteiger partial charge in [0.15, 0.2) is 0 Å². The molecule has 0 radical (unpaired) electrons. The summed E-state index contributed by atoms with van der Waals surface area (Å²) in [5, 5.41) is 8.70. The highest BCUT2D eigenvalue weighted by molar-refractivity contribution is 5.68. The molecule has 0 saturated carbocycles. The van der Waals surface area contributed by atoms with E-state index in [0.717, 1.165) is 17.7 Å². The lowest BCUT2D eigenvalue weighted by atomic mass is 9.89. The lowest BCUT2D eigenvalue weighted by molar-refractivity contribution is -0.138. The zero-order chi connectivity index (χ0) is 10.8. The number of aryl methyl sites for hydroxylation is 1. The van der Waals surface area contributed by atoms with Crippen molar-refractivity contribution in [2.75, 3.05) is 0 Å². The van der Waals surface area contributed by atoms with Crippen LogP contribution in [0.2, 0.25) is 0 Å². The first kappa shape index (κ1) is 10.8. The summed E-state index contributed by atoms with van der Waals surface area (Å²) in [5.41, 5.74) is 5.84. The average molecular weight is 197 g/mol. The van der Waals surface area contributed by atoms with Crippen LogP contribution in [-0.4, -0.2) is 11.1 Å². The highest BCUT2D eigenvalue weighted by Gasteiger charge is 2.28. The Balaban J connectivity index is 2.96. The SMILES string of the molecule is CCc1occc1C(C)(N)CC(=O)O. The van der Waals surface area contributed by atoms with E-state index in [1.165, 1.54) is 0 Å².